The van der Waals surface area contributed by atoms with Crippen molar-refractivity contribution in [3.63, 3.8) is 0 Å². The number of rotatable bonds is 3. The Labute approximate surface area is 175 Å². The minimum absolute atomic E-state index is 0.0842. The molecule has 1 N–H and O–H groups in total. The number of fused-ring (bicyclic) bond motifs is 2. The first kappa shape index (κ1) is 18.8. The molecule has 3 aliphatic rings. The largest absolute Gasteiger partial charge is 0.350 e. The predicted octanol–water partition coefficient (Wildman–Crippen LogP) is 2.91. The third-order valence-corrected chi connectivity index (χ3v) is 7.95. The van der Waals surface area contributed by atoms with Gasteiger partial charge in [0.05, 0.1) is 10.8 Å². The monoisotopic (exact) mass is 409 g/mol. The normalized spacial score (nSPS) is 26.0. The van der Waals surface area contributed by atoms with E-state index >= 15 is 0 Å². The molecular weight excluding hydrogens is 382 g/mol. The van der Waals surface area contributed by atoms with Crippen molar-refractivity contribution < 1.29 is 9.59 Å². The Morgan fingerprint density at radius 1 is 1.14 bits per heavy atom. The minimum Gasteiger partial charge on any atom is -0.350 e. The number of carbonyl (C=O) groups is 2. The van der Waals surface area contributed by atoms with Gasteiger partial charge in [0.2, 0.25) is 5.91 Å². The van der Waals surface area contributed by atoms with Crippen molar-refractivity contribution in [2.45, 2.75) is 31.8 Å². The van der Waals surface area contributed by atoms with Crippen molar-refractivity contribution in [1.29, 1.82) is 0 Å². The third kappa shape index (κ3) is 3.38. The molecule has 0 bridgehead atoms. The summed E-state index contributed by atoms with van der Waals surface area (Å²) >= 11 is 1.56. The minimum atomic E-state index is -0.144. The van der Waals surface area contributed by atoms with E-state index < -0.39 is 0 Å². The maximum absolute atomic E-state index is 12.8. The molecular formula is C23H27N3O2S. The molecule has 1 aromatic carbocycles. The number of hydrogen-bond donors (Lipinski definition) is 1. The number of nitrogens with one attached hydrogen (secondary N) is 1. The summed E-state index contributed by atoms with van der Waals surface area (Å²) in [6.45, 7) is 6.16. The van der Waals surface area contributed by atoms with Gasteiger partial charge in [0, 0.05) is 49.1 Å². The molecule has 5 rings (SSSR count). The number of benzene rings is 1. The maximum atomic E-state index is 12.8. The molecule has 0 unspecified atom stereocenters. The van der Waals surface area contributed by atoms with Gasteiger partial charge in [0.25, 0.3) is 5.91 Å². The van der Waals surface area contributed by atoms with Gasteiger partial charge < -0.3 is 10.2 Å². The van der Waals surface area contributed by atoms with Crippen molar-refractivity contribution in [2.75, 3.05) is 26.2 Å². The molecule has 3 aliphatic heterocycles. The van der Waals surface area contributed by atoms with Crippen LogP contribution in [0.5, 0.6) is 0 Å². The SMILES string of the molecule is Cc1ccc(C(=O)N2CCC3(CC2)NC(=O)[C@@H]2CN(Cc4ccccc4)C[C@@H]23)s1. The van der Waals surface area contributed by atoms with E-state index in [9.17, 15) is 9.59 Å². The second-order valence-electron chi connectivity index (χ2n) is 8.74. The molecule has 2 aromatic rings. The number of hydrogen-bond acceptors (Lipinski definition) is 4. The number of piperidine rings is 1. The third-order valence-electron chi connectivity index (χ3n) is 6.96. The van der Waals surface area contributed by atoms with E-state index in [4.69, 9.17) is 0 Å². The molecule has 6 heteroatoms. The van der Waals surface area contributed by atoms with Crippen LogP contribution in [0, 0.1) is 18.8 Å². The average molecular weight is 410 g/mol. The lowest BCUT2D eigenvalue weighted by Gasteiger charge is -2.42. The van der Waals surface area contributed by atoms with Crippen molar-refractivity contribution in [3.8, 4) is 0 Å². The van der Waals surface area contributed by atoms with Gasteiger partial charge in [-0.15, -0.1) is 11.3 Å². The number of carbonyl (C=O) groups excluding carboxylic acids is 2. The number of nitrogens with zero attached hydrogens (tertiary/aromatic N) is 2. The Hall–Kier alpha value is -2.18. The van der Waals surface area contributed by atoms with E-state index in [1.165, 1.54) is 5.56 Å². The lowest BCUT2D eigenvalue weighted by atomic mass is 9.75. The summed E-state index contributed by atoms with van der Waals surface area (Å²) in [6, 6.07) is 14.4. The van der Waals surface area contributed by atoms with Gasteiger partial charge in [0.15, 0.2) is 0 Å². The smallest absolute Gasteiger partial charge is 0.263 e. The van der Waals surface area contributed by atoms with Gasteiger partial charge in [-0.05, 0) is 37.5 Å². The molecule has 152 valence electrons. The van der Waals surface area contributed by atoms with Crippen molar-refractivity contribution >= 4 is 23.2 Å². The van der Waals surface area contributed by atoms with Crippen LogP contribution < -0.4 is 5.32 Å². The van der Waals surface area contributed by atoms with Crippen LogP contribution in [0.15, 0.2) is 42.5 Å². The van der Waals surface area contributed by atoms with Gasteiger partial charge in [-0.1, -0.05) is 30.3 Å². The second-order valence-corrected chi connectivity index (χ2v) is 10.0. The van der Waals surface area contributed by atoms with Crippen LogP contribution in [0.4, 0.5) is 0 Å². The topological polar surface area (TPSA) is 52.7 Å². The van der Waals surface area contributed by atoms with Gasteiger partial charge in [-0.2, -0.15) is 0 Å². The molecule has 3 saturated heterocycles. The Kier molecular flexibility index (Phi) is 4.71. The fraction of sp³-hybridized carbons (Fsp3) is 0.478. The molecule has 0 aliphatic carbocycles. The van der Waals surface area contributed by atoms with Crippen LogP contribution in [-0.4, -0.2) is 53.3 Å². The quantitative estimate of drug-likeness (QED) is 0.848. The first-order valence-corrected chi connectivity index (χ1v) is 11.3. The molecule has 0 radical (unpaired) electrons. The average Bonchev–Trinajstić information content (AvgIpc) is 3.40. The zero-order valence-corrected chi connectivity index (χ0v) is 17.6. The summed E-state index contributed by atoms with van der Waals surface area (Å²) in [4.78, 5) is 31.9. The van der Waals surface area contributed by atoms with Gasteiger partial charge in [-0.25, -0.2) is 0 Å². The van der Waals surface area contributed by atoms with Crippen LogP contribution in [0.3, 0.4) is 0 Å². The lowest BCUT2D eigenvalue weighted by molar-refractivity contribution is -0.123. The summed E-state index contributed by atoms with van der Waals surface area (Å²) in [6.07, 6.45) is 1.71. The molecule has 0 saturated carbocycles. The Morgan fingerprint density at radius 2 is 1.90 bits per heavy atom. The lowest BCUT2D eigenvalue weighted by Crippen LogP contribution is -2.56. The highest BCUT2D eigenvalue weighted by atomic mass is 32.1. The van der Waals surface area contributed by atoms with Crippen molar-refractivity contribution in [1.82, 2.24) is 15.1 Å². The van der Waals surface area contributed by atoms with E-state index in [1.807, 2.05) is 30.0 Å². The zero-order valence-electron chi connectivity index (χ0n) is 16.8. The zero-order chi connectivity index (χ0) is 20.0. The first-order chi connectivity index (χ1) is 14.0. The fourth-order valence-electron chi connectivity index (χ4n) is 5.42. The van der Waals surface area contributed by atoms with Gasteiger partial charge in [0.1, 0.15) is 0 Å². The summed E-state index contributed by atoms with van der Waals surface area (Å²) in [5.74, 6) is 0.774. The predicted molar refractivity (Wildman–Crippen MR) is 114 cm³/mol. The molecule has 1 spiro atoms. The highest BCUT2D eigenvalue weighted by Gasteiger charge is 2.57. The summed E-state index contributed by atoms with van der Waals surface area (Å²) in [5, 5.41) is 3.36. The molecule has 4 heterocycles. The van der Waals surface area contributed by atoms with Gasteiger partial charge in [-0.3, -0.25) is 14.5 Å². The van der Waals surface area contributed by atoms with Crippen LogP contribution in [-0.2, 0) is 11.3 Å². The van der Waals surface area contributed by atoms with E-state index in [0.717, 1.165) is 55.3 Å². The van der Waals surface area contributed by atoms with E-state index in [-0.39, 0.29) is 23.3 Å². The molecule has 2 amide bonds. The summed E-state index contributed by atoms with van der Waals surface area (Å²) < 4.78 is 0. The standard InChI is InChI=1S/C23H27N3O2S/c1-16-7-8-20(29-16)22(28)26-11-9-23(10-12-26)19-15-25(14-18(19)21(27)24-23)13-17-5-3-2-4-6-17/h2-8,18-19H,9-15H2,1H3,(H,24,27)/t18-,19+/m1/s1. The first-order valence-electron chi connectivity index (χ1n) is 10.5. The highest BCUT2D eigenvalue weighted by molar-refractivity contribution is 7.13. The van der Waals surface area contributed by atoms with E-state index in [1.54, 1.807) is 11.3 Å². The van der Waals surface area contributed by atoms with Crippen molar-refractivity contribution in [3.05, 3.63) is 57.8 Å². The number of likely N-dealkylation sites (tertiary alicyclic amines) is 2. The highest BCUT2D eigenvalue weighted by Crippen LogP contribution is 2.44. The van der Waals surface area contributed by atoms with Crippen LogP contribution >= 0.6 is 11.3 Å². The summed E-state index contributed by atoms with van der Waals surface area (Å²) in [7, 11) is 0. The number of thiophene rings is 1. The van der Waals surface area contributed by atoms with E-state index in [2.05, 4.69) is 34.5 Å². The van der Waals surface area contributed by atoms with Crippen molar-refractivity contribution in [2.24, 2.45) is 11.8 Å². The second kappa shape index (κ2) is 7.26. The molecule has 5 nitrogen and oxygen atoms in total. The summed E-state index contributed by atoms with van der Waals surface area (Å²) in [5.41, 5.74) is 1.16. The Balaban J connectivity index is 1.26. The number of aryl methyl sites for hydroxylation is 1. The van der Waals surface area contributed by atoms with Crippen LogP contribution in [0.2, 0.25) is 0 Å². The molecule has 1 aromatic heterocycles. The Morgan fingerprint density at radius 3 is 2.59 bits per heavy atom. The van der Waals surface area contributed by atoms with E-state index in [0.29, 0.717) is 5.92 Å². The molecule has 3 fully saturated rings. The van der Waals surface area contributed by atoms with Crippen LogP contribution in [0.25, 0.3) is 0 Å². The number of amides is 2. The fourth-order valence-corrected chi connectivity index (χ4v) is 6.26. The van der Waals surface area contributed by atoms with Gasteiger partial charge >= 0.3 is 0 Å². The Bertz CT molecular complexity index is 917. The maximum Gasteiger partial charge on any atom is 0.263 e. The molecule has 29 heavy (non-hydrogen) atoms. The molecule has 2 atom stereocenters. The van der Waals surface area contributed by atoms with Crippen LogP contribution in [0.1, 0.15) is 33.0 Å².